The van der Waals surface area contributed by atoms with Gasteiger partial charge in [0.2, 0.25) is 5.28 Å². The zero-order chi connectivity index (χ0) is 15.6. The van der Waals surface area contributed by atoms with Crippen molar-refractivity contribution in [2.75, 3.05) is 5.32 Å². The van der Waals surface area contributed by atoms with Crippen molar-refractivity contribution in [1.82, 2.24) is 9.97 Å². The molecule has 0 unspecified atom stereocenters. The molecule has 1 N–H and O–H groups in total. The zero-order valence-corrected chi connectivity index (χ0v) is 12.4. The molecular formula is C12H5BrClF3N4. The van der Waals surface area contributed by atoms with Crippen LogP contribution in [0.25, 0.3) is 0 Å². The van der Waals surface area contributed by atoms with Gasteiger partial charge in [-0.2, -0.15) is 23.4 Å². The third-order valence-corrected chi connectivity index (χ3v) is 3.19. The summed E-state index contributed by atoms with van der Waals surface area (Å²) in [5.74, 6) is 0.216. The molecule has 0 aliphatic rings. The van der Waals surface area contributed by atoms with Crippen molar-refractivity contribution < 1.29 is 13.2 Å². The molecule has 0 bridgehead atoms. The molecule has 2 aromatic rings. The largest absolute Gasteiger partial charge is 0.417 e. The number of benzene rings is 1. The molecule has 0 saturated carbocycles. The summed E-state index contributed by atoms with van der Waals surface area (Å²) in [6.45, 7) is 0. The van der Waals surface area contributed by atoms with Gasteiger partial charge in [-0.05, 0) is 45.7 Å². The van der Waals surface area contributed by atoms with Crippen LogP contribution in [0.15, 0.2) is 28.9 Å². The SMILES string of the molecule is N#Cc1ccc(Nc2nc(Cl)ncc2Br)cc1C(F)(F)F. The molecular weight excluding hydrogens is 373 g/mol. The van der Waals surface area contributed by atoms with Gasteiger partial charge in [0, 0.05) is 11.9 Å². The highest BCUT2D eigenvalue weighted by atomic mass is 79.9. The van der Waals surface area contributed by atoms with Crippen LogP contribution in [-0.2, 0) is 6.18 Å². The molecule has 21 heavy (non-hydrogen) atoms. The van der Waals surface area contributed by atoms with E-state index in [2.05, 4.69) is 31.2 Å². The predicted molar refractivity (Wildman–Crippen MR) is 74.2 cm³/mol. The lowest BCUT2D eigenvalue weighted by atomic mass is 10.1. The van der Waals surface area contributed by atoms with Crippen molar-refractivity contribution in [1.29, 1.82) is 5.26 Å². The van der Waals surface area contributed by atoms with Crippen molar-refractivity contribution in [3.63, 3.8) is 0 Å². The Hall–Kier alpha value is -1.85. The third-order valence-electron chi connectivity index (χ3n) is 2.42. The molecule has 108 valence electrons. The van der Waals surface area contributed by atoms with Crippen LogP contribution in [0.2, 0.25) is 5.28 Å². The minimum atomic E-state index is -4.62. The first kappa shape index (κ1) is 15.5. The van der Waals surface area contributed by atoms with Crippen LogP contribution in [0, 0.1) is 11.3 Å². The average molecular weight is 378 g/mol. The molecule has 0 atom stereocenters. The number of nitriles is 1. The molecule has 1 aromatic heterocycles. The van der Waals surface area contributed by atoms with Gasteiger partial charge in [0.25, 0.3) is 0 Å². The van der Waals surface area contributed by atoms with Gasteiger partial charge in [0.1, 0.15) is 5.82 Å². The molecule has 0 saturated heterocycles. The van der Waals surface area contributed by atoms with E-state index >= 15 is 0 Å². The Morgan fingerprint density at radius 3 is 2.67 bits per heavy atom. The van der Waals surface area contributed by atoms with Gasteiger partial charge in [-0.1, -0.05) is 0 Å². The number of hydrogen-bond acceptors (Lipinski definition) is 4. The quantitative estimate of drug-likeness (QED) is 0.781. The second-order valence-electron chi connectivity index (χ2n) is 3.83. The van der Waals surface area contributed by atoms with Gasteiger partial charge in [0.05, 0.1) is 21.7 Å². The van der Waals surface area contributed by atoms with E-state index in [1.807, 2.05) is 0 Å². The highest BCUT2D eigenvalue weighted by molar-refractivity contribution is 9.10. The summed E-state index contributed by atoms with van der Waals surface area (Å²) >= 11 is 8.78. The maximum absolute atomic E-state index is 12.9. The number of anilines is 2. The van der Waals surface area contributed by atoms with E-state index in [1.165, 1.54) is 18.3 Å². The van der Waals surface area contributed by atoms with E-state index in [1.54, 1.807) is 0 Å². The van der Waals surface area contributed by atoms with Crippen molar-refractivity contribution in [3.05, 3.63) is 45.3 Å². The zero-order valence-electron chi connectivity index (χ0n) is 10.0. The Bertz CT molecular complexity index is 727. The topological polar surface area (TPSA) is 61.6 Å². The second kappa shape index (κ2) is 5.87. The first-order valence-corrected chi connectivity index (χ1v) is 6.55. The fourth-order valence-corrected chi connectivity index (χ4v) is 1.95. The number of hydrogen-bond donors (Lipinski definition) is 1. The van der Waals surface area contributed by atoms with E-state index in [0.717, 1.165) is 12.1 Å². The summed E-state index contributed by atoms with van der Waals surface area (Å²) < 4.78 is 39.0. The lowest BCUT2D eigenvalue weighted by Gasteiger charge is -2.12. The lowest BCUT2D eigenvalue weighted by molar-refractivity contribution is -0.137. The van der Waals surface area contributed by atoms with Crippen molar-refractivity contribution in [2.45, 2.75) is 6.18 Å². The van der Waals surface area contributed by atoms with E-state index in [9.17, 15) is 13.2 Å². The Labute approximate surface area is 130 Å². The van der Waals surface area contributed by atoms with Gasteiger partial charge in [-0.25, -0.2) is 4.98 Å². The molecule has 4 nitrogen and oxygen atoms in total. The molecule has 0 aliphatic heterocycles. The number of halogens is 5. The summed E-state index contributed by atoms with van der Waals surface area (Å²) in [6, 6.07) is 4.77. The standard InChI is InChI=1S/C12H5BrClF3N4/c13-9-5-19-11(14)21-10(9)20-7-2-1-6(4-18)8(3-7)12(15,16)17/h1-3,5H,(H,19,20,21). The van der Waals surface area contributed by atoms with Gasteiger partial charge in [0.15, 0.2) is 0 Å². The predicted octanol–water partition coefficient (Wildman–Crippen LogP) is 4.53. The van der Waals surface area contributed by atoms with E-state index in [4.69, 9.17) is 16.9 Å². The summed E-state index contributed by atoms with van der Waals surface area (Å²) in [6.07, 6.45) is -3.25. The van der Waals surface area contributed by atoms with Crippen LogP contribution < -0.4 is 5.32 Å². The fourth-order valence-electron chi connectivity index (χ4n) is 1.52. The Morgan fingerprint density at radius 1 is 1.33 bits per heavy atom. The van der Waals surface area contributed by atoms with Crippen LogP contribution in [0.5, 0.6) is 0 Å². The van der Waals surface area contributed by atoms with Crippen LogP contribution in [-0.4, -0.2) is 9.97 Å². The third kappa shape index (κ3) is 3.62. The first-order valence-electron chi connectivity index (χ1n) is 5.37. The van der Waals surface area contributed by atoms with Gasteiger partial charge in [-0.15, -0.1) is 0 Å². The van der Waals surface area contributed by atoms with Crippen LogP contribution in [0.3, 0.4) is 0 Å². The maximum Gasteiger partial charge on any atom is 0.417 e. The van der Waals surface area contributed by atoms with Gasteiger partial charge < -0.3 is 5.32 Å². The number of aromatic nitrogens is 2. The summed E-state index contributed by atoms with van der Waals surface area (Å²) in [5, 5.41) is 11.4. The lowest BCUT2D eigenvalue weighted by Crippen LogP contribution is -2.08. The summed E-state index contributed by atoms with van der Waals surface area (Å²) in [4.78, 5) is 7.56. The molecule has 1 aromatic carbocycles. The van der Waals surface area contributed by atoms with Gasteiger partial charge in [-0.3, -0.25) is 0 Å². The molecule has 0 aliphatic carbocycles. The number of rotatable bonds is 2. The molecule has 0 fully saturated rings. The van der Waals surface area contributed by atoms with Crippen LogP contribution in [0.4, 0.5) is 24.7 Å². The molecule has 9 heteroatoms. The summed E-state index contributed by atoms with van der Waals surface area (Å²) in [5.41, 5.74) is -1.35. The normalized spacial score (nSPS) is 11.0. The van der Waals surface area contributed by atoms with Crippen LogP contribution in [0.1, 0.15) is 11.1 Å². The Kier molecular flexibility index (Phi) is 4.34. The number of nitrogens with one attached hydrogen (secondary N) is 1. The second-order valence-corrected chi connectivity index (χ2v) is 5.02. The van der Waals surface area contributed by atoms with E-state index in [-0.39, 0.29) is 16.8 Å². The molecule has 0 spiro atoms. The Morgan fingerprint density at radius 2 is 2.05 bits per heavy atom. The van der Waals surface area contributed by atoms with Crippen molar-refractivity contribution >= 4 is 39.0 Å². The van der Waals surface area contributed by atoms with Crippen molar-refractivity contribution in [2.24, 2.45) is 0 Å². The van der Waals surface area contributed by atoms with E-state index in [0.29, 0.717) is 4.47 Å². The highest BCUT2D eigenvalue weighted by Gasteiger charge is 2.33. The molecule has 0 amide bonds. The smallest absolute Gasteiger partial charge is 0.339 e. The first-order chi connectivity index (χ1) is 9.81. The monoisotopic (exact) mass is 376 g/mol. The van der Waals surface area contributed by atoms with E-state index < -0.39 is 17.3 Å². The van der Waals surface area contributed by atoms with Gasteiger partial charge >= 0.3 is 6.18 Å². The number of alkyl halides is 3. The average Bonchev–Trinajstić information content (AvgIpc) is 2.42. The Balaban J connectivity index is 2.42. The molecule has 1 heterocycles. The van der Waals surface area contributed by atoms with Crippen LogP contribution >= 0.6 is 27.5 Å². The minimum absolute atomic E-state index is 0.0506. The highest BCUT2D eigenvalue weighted by Crippen LogP contribution is 2.34. The summed E-state index contributed by atoms with van der Waals surface area (Å²) in [7, 11) is 0. The van der Waals surface area contributed by atoms with Crippen molar-refractivity contribution in [3.8, 4) is 6.07 Å². The minimum Gasteiger partial charge on any atom is -0.339 e. The number of nitrogens with zero attached hydrogens (tertiary/aromatic N) is 3. The molecule has 2 rings (SSSR count). The maximum atomic E-state index is 12.9. The fraction of sp³-hybridized carbons (Fsp3) is 0.0833. The molecule has 0 radical (unpaired) electrons.